The first-order valence-corrected chi connectivity index (χ1v) is 9.59. The Morgan fingerprint density at radius 3 is 2.21 bits per heavy atom. The summed E-state index contributed by atoms with van der Waals surface area (Å²) < 4.78 is 46.7. The average Bonchev–Trinajstić information content (AvgIpc) is 2.67. The van der Waals surface area contributed by atoms with Gasteiger partial charge >= 0.3 is 6.01 Å². The van der Waals surface area contributed by atoms with Crippen LogP contribution in [-0.4, -0.2) is 18.4 Å². The van der Waals surface area contributed by atoms with Crippen LogP contribution in [-0.2, 0) is 10.0 Å². The second-order valence-electron chi connectivity index (χ2n) is 5.83. The zero-order valence-corrected chi connectivity index (χ0v) is 15.8. The van der Waals surface area contributed by atoms with Crippen molar-refractivity contribution in [2.75, 3.05) is 4.72 Å². The van der Waals surface area contributed by atoms with Gasteiger partial charge in [-0.25, -0.2) is 12.8 Å². The minimum atomic E-state index is -3.90. The summed E-state index contributed by atoms with van der Waals surface area (Å²) in [4.78, 5) is 8.21. The van der Waals surface area contributed by atoms with E-state index >= 15 is 0 Å². The summed E-state index contributed by atoms with van der Waals surface area (Å²) in [6, 6.07) is 13.1. The number of hydrogen-bond acceptors (Lipinski definition) is 6. The quantitative estimate of drug-likeness (QED) is 0.703. The predicted octanol–water partition coefficient (Wildman–Crippen LogP) is 3.70. The van der Waals surface area contributed by atoms with Gasteiger partial charge in [0, 0.05) is 0 Å². The van der Waals surface area contributed by atoms with Crippen LogP contribution in [0.5, 0.6) is 11.8 Å². The molecular weight excluding hydrogens is 383 g/mol. The number of benzene rings is 2. The topological polar surface area (TPSA) is 105 Å². The smallest absolute Gasteiger partial charge is 0.322 e. The van der Waals surface area contributed by atoms with E-state index in [0.717, 1.165) is 0 Å². The summed E-state index contributed by atoms with van der Waals surface area (Å²) in [6.07, 6.45) is 0. The summed E-state index contributed by atoms with van der Waals surface area (Å²) in [5.74, 6) is -0.598. The molecule has 3 aromatic rings. The highest BCUT2D eigenvalue weighted by atomic mass is 32.2. The Morgan fingerprint density at radius 1 is 1.04 bits per heavy atom. The second-order valence-corrected chi connectivity index (χ2v) is 7.51. The first-order valence-electron chi connectivity index (χ1n) is 8.11. The maximum atomic E-state index is 13.7. The molecule has 0 amide bonds. The molecule has 0 bridgehead atoms. The van der Waals surface area contributed by atoms with E-state index in [9.17, 15) is 12.8 Å². The molecule has 9 heteroatoms. The Balaban J connectivity index is 1.88. The van der Waals surface area contributed by atoms with Gasteiger partial charge < -0.3 is 4.74 Å². The van der Waals surface area contributed by atoms with Gasteiger partial charge in [-0.15, -0.1) is 0 Å². The first-order chi connectivity index (χ1) is 13.3. The zero-order valence-electron chi connectivity index (χ0n) is 15.0. The van der Waals surface area contributed by atoms with E-state index < -0.39 is 15.8 Å². The second kappa shape index (κ2) is 7.62. The Labute approximate surface area is 161 Å². The van der Waals surface area contributed by atoms with E-state index in [4.69, 9.17) is 10.00 Å². The molecule has 7 nitrogen and oxygen atoms in total. The van der Waals surface area contributed by atoms with E-state index in [2.05, 4.69) is 14.7 Å². The van der Waals surface area contributed by atoms with Gasteiger partial charge in [-0.1, -0.05) is 12.1 Å². The first kappa shape index (κ1) is 19.3. The number of anilines is 1. The van der Waals surface area contributed by atoms with Crippen molar-refractivity contribution in [3.05, 3.63) is 71.3 Å². The minimum absolute atomic E-state index is 0.00279. The average molecular weight is 398 g/mol. The van der Waals surface area contributed by atoms with Crippen molar-refractivity contribution in [3.8, 4) is 17.8 Å². The number of sulfonamides is 1. The largest absolute Gasteiger partial charge is 0.421 e. The van der Waals surface area contributed by atoms with Crippen LogP contribution in [0.15, 0.2) is 53.4 Å². The van der Waals surface area contributed by atoms with Crippen LogP contribution in [0.25, 0.3) is 0 Å². The summed E-state index contributed by atoms with van der Waals surface area (Å²) in [6.45, 7) is 3.17. The van der Waals surface area contributed by atoms with Crippen molar-refractivity contribution in [1.29, 1.82) is 5.26 Å². The summed E-state index contributed by atoms with van der Waals surface area (Å²) in [5, 5.41) is 8.82. The number of nitrogens with zero attached hydrogens (tertiary/aromatic N) is 3. The van der Waals surface area contributed by atoms with Crippen LogP contribution < -0.4 is 9.46 Å². The third-order valence-electron chi connectivity index (χ3n) is 3.82. The number of nitriles is 1. The molecule has 0 aliphatic carbocycles. The molecule has 0 aliphatic heterocycles. The molecule has 0 unspecified atom stereocenters. The molecule has 0 fully saturated rings. The molecule has 0 saturated heterocycles. The SMILES string of the molecule is Cc1nc(Oc2ccccc2F)nc(C)c1NS(=O)(=O)c1ccc(C#N)cc1. The highest BCUT2D eigenvalue weighted by Gasteiger charge is 2.19. The van der Waals surface area contributed by atoms with Gasteiger partial charge in [0.25, 0.3) is 10.0 Å². The molecule has 1 heterocycles. The van der Waals surface area contributed by atoms with Gasteiger partial charge in [-0.2, -0.15) is 15.2 Å². The van der Waals surface area contributed by atoms with Crippen molar-refractivity contribution in [2.45, 2.75) is 18.7 Å². The maximum absolute atomic E-state index is 13.7. The Hall–Kier alpha value is -3.51. The summed E-state index contributed by atoms with van der Waals surface area (Å²) in [7, 11) is -3.90. The molecule has 142 valence electrons. The molecule has 0 atom stereocenters. The van der Waals surface area contributed by atoms with Crippen LogP contribution >= 0.6 is 0 Å². The van der Waals surface area contributed by atoms with Crippen LogP contribution in [0.4, 0.5) is 10.1 Å². The number of hydrogen-bond donors (Lipinski definition) is 1. The number of aromatic nitrogens is 2. The highest BCUT2D eigenvalue weighted by molar-refractivity contribution is 7.92. The van der Waals surface area contributed by atoms with Gasteiger partial charge in [-0.05, 0) is 50.2 Å². The van der Waals surface area contributed by atoms with Gasteiger partial charge in [0.1, 0.15) is 0 Å². The van der Waals surface area contributed by atoms with E-state index in [0.29, 0.717) is 17.0 Å². The van der Waals surface area contributed by atoms with Crippen molar-refractivity contribution < 1.29 is 17.5 Å². The molecule has 0 radical (unpaired) electrons. The van der Waals surface area contributed by atoms with Gasteiger partial charge in [0.2, 0.25) is 0 Å². The lowest BCUT2D eigenvalue weighted by atomic mass is 10.2. The highest BCUT2D eigenvalue weighted by Crippen LogP contribution is 2.26. The molecule has 0 spiro atoms. The number of aryl methyl sites for hydroxylation is 2. The Kier molecular flexibility index (Phi) is 5.24. The zero-order chi connectivity index (χ0) is 20.3. The third-order valence-corrected chi connectivity index (χ3v) is 5.18. The normalized spacial score (nSPS) is 10.9. The number of ether oxygens (including phenoxy) is 1. The monoisotopic (exact) mass is 398 g/mol. The van der Waals surface area contributed by atoms with E-state index in [1.54, 1.807) is 19.9 Å². The fourth-order valence-electron chi connectivity index (χ4n) is 2.41. The van der Waals surface area contributed by atoms with E-state index in [1.807, 2.05) is 6.07 Å². The van der Waals surface area contributed by atoms with Crippen LogP contribution in [0.3, 0.4) is 0 Å². The molecule has 3 rings (SSSR count). The Morgan fingerprint density at radius 2 is 1.64 bits per heavy atom. The molecule has 28 heavy (non-hydrogen) atoms. The molecule has 0 saturated carbocycles. The molecule has 2 aromatic carbocycles. The summed E-state index contributed by atoms with van der Waals surface area (Å²) in [5.41, 5.74) is 1.18. The standard InChI is InChI=1S/C19H15FN4O3S/c1-12-18(24-28(25,26)15-9-7-14(11-21)8-10-15)13(2)23-19(22-12)27-17-6-4-3-5-16(17)20/h3-10,24H,1-2H3. The third kappa shape index (κ3) is 4.07. The van der Waals surface area contributed by atoms with E-state index in [1.165, 1.54) is 42.5 Å². The molecular formula is C19H15FN4O3S. The van der Waals surface area contributed by atoms with Crippen LogP contribution in [0.2, 0.25) is 0 Å². The predicted molar refractivity (Wildman–Crippen MR) is 99.9 cm³/mol. The minimum Gasteiger partial charge on any atom is -0.421 e. The lowest BCUT2D eigenvalue weighted by Gasteiger charge is -2.14. The Bertz CT molecular complexity index is 1150. The fraction of sp³-hybridized carbons (Fsp3) is 0.105. The number of para-hydroxylation sites is 1. The molecule has 1 aromatic heterocycles. The lowest BCUT2D eigenvalue weighted by Crippen LogP contribution is -2.16. The van der Waals surface area contributed by atoms with Gasteiger partial charge in [-0.3, -0.25) is 4.72 Å². The van der Waals surface area contributed by atoms with Gasteiger partial charge in [0.15, 0.2) is 11.6 Å². The van der Waals surface area contributed by atoms with Crippen molar-refractivity contribution in [1.82, 2.24) is 9.97 Å². The molecule has 1 N–H and O–H groups in total. The van der Waals surface area contributed by atoms with Crippen molar-refractivity contribution >= 4 is 15.7 Å². The number of halogens is 1. The summed E-state index contributed by atoms with van der Waals surface area (Å²) >= 11 is 0. The van der Waals surface area contributed by atoms with Crippen LogP contribution in [0.1, 0.15) is 17.0 Å². The number of rotatable bonds is 5. The number of nitrogens with one attached hydrogen (secondary N) is 1. The fourth-order valence-corrected chi connectivity index (χ4v) is 3.58. The maximum Gasteiger partial charge on any atom is 0.322 e. The van der Waals surface area contributed by atoms with Crippen molar-refractivity contribution in [2.24, 2.45) is 0 Å². The van der Waals surface area contributed by atoms with Crippen LogP contribution in [0, 0.1) is 31.0 Å². The van der Waals surface area contributed by atoms with E-state index in [-0.39, 0.29) is 22.3 Å². The lowest BCUT2D eigenvalue weighted by molar-refractivity contribution is 0.409. The van der Waals surface area contributed by atoms with Gasteiger partial charge in [0.05, 0.1) is 33.6 Å². The molecule has 0 aliphatic rings. The van der Waals surface area contributed by atoms with Crippen molar-refractivity contribution in [3.63, 3.8) is 0 Å².